The molecule has 0 bridgehead atoms. The number of methoxy groups -OCH3 is 1. The van der Waals surface area contributed by atoms with E-state index in [-0.39, 0.29) is 23.5 Å². The van der Waals surface area contributed by atoms with Crippen molar-refractivity contribution in [2.45, 2.75) is 51.7 Å². The maximum absolute atomic E-state index is 12.1. The van der Waals surface area contributed by atoms with Crippen LogP contribution in [-0.4, -0.2) is 31.2 Å². The molecule has 1 aliphatic rings. The molecule has 0 aromatic carbocycles. The third-order valence-corrected chi connectivity index (χ3v) is 3.87. The van der Waals surface area contributed by atoms with Crippen molar-refractivity contribution >= 4 is 5.91 Å². The molecule has 0 saturated heterocycles. The summed E-state index contributed by atoms with van der Waals surface area (Å²) in [6.07, 6.45) is 3.14. The monoisotopic (exact) mass is 242 g/mol. The van der Waals surface area contributed by atoms with Gasteiger partial charge in [0, 0.05) is 19.7 Å². The Hall–Kier alpha value is -0.610. The largest absolute Gasteiger partial charge is 0.377 e. The molecule has 3 N–H and O–H groups in total. The van der Waals surface area contributed by atoms with Gasteiger partial charge in [0.25, 0.3) is 0 Å². The number of ether oxygens (including phenoxy) is 1. The zero-order valence-electron chi connectivity index (χ0n) is 11.5. The van der Waals surface area contributed by atoms with Gasteiger partial charge in [0.1, 0.15) is 0 Å². The van der Waals surface area contributed by atoms with Gasteiger partial charge in [-0.05, 0) is 32.6 Å². The number of amides is 1. The molecule has 1 aliphatic carbocycles. The average molecular weight is 242 g/mol. The van der Waals surface area contributed by atoms with Crippen molar-refractivity contribution in [3.8, 4) is 0 Å². The Morgan fingerprint density at radius 1 is 1.47 bits per heavy atom. The van der Waals surface area contributed by atoms with Gasteiger partial charge >= 0.3 is 0 Å². The van der Waals surface area contributed by atoms with Crippen LogP contribution in [0.4, 0.5) is 0 Å². The third kappa shape index (κ3) is 3.96. The van der Waals surface area contributed by atoms with Gasteiger partial charge in [0.15, 0.2) is 0 Å². The lowest BCUT2D eigenvalue weighted by atomic mass is 9.78. The Morgan fingerprint density at radius 2 is 2.12 bits per heavy atom. The van der Waals surface area contributed by atoms with Crippen molar-refractivity contribution in [2.75, 3.05) is 13.7 Å². The lowest BCUT2D eigenvalue weighted by molar-refractivity contribution is -0.128. The minimum absolute atomic E-state index is 0.00518. The first-order chi connectivity index (χ1) is 7.87. The summed E-state index contributed by atoms with van der Waals surface area (Å²) in [5, 5.41) is 2.95. The molecule has 1 saturated carbocycles. The van der Waals surface area contributed by atoms with E-state index in [9.17, 15) is 4.79 Å². The average Bonchev–Trinajstić information content (AvgIpc) is 2.30. The molecule has 4 nitrogen and oxygen atoms in total. The van der Waals surface area contributed by atoms with Crippen LogP contribution in [-0.2, 0) is 9.53 Å². The summed E-state index contributed by atoms with van der Waals surface area (Å²) < 4.78 is 5.28. The molecule has 3 unspecified atom stereocenters. The van der Waals surface area contributed by atoms with Crippen molar-refractivity contribution in [1.82, 2.24) is 5.32 Å². The fourth-order valence-corrected chi connectivity index (χ4v) is 2.25. The molecule has 0 aliphatic heterocycles. The Bertz CT molecular complexity index is 266. The predicted octanol–water partition coefficient (Wildman–Crippen LogP) is 1.29. The summed E-state index contributed by atoms with van der Waals surface area (Å²) in [6, 6.07) is -0.00518. The van der Waals surface area contributed by atoms with E-state index < -0.39 is 0 Å². The maximum Gasteiger partial charge on any atom is 0.224 e. The molecule has 1 rings (SSSR count). The van der Waals surface area contributed by atoms with Crippen molar-refractivity contribution in [2.24, 2.45) is 17.6 Å². The Labute approximate surface area is 104 Å². The molecule has 17 heavy (non-hydrogen) atoms. The summed E-state index contributed by atoms with van der Waals surface area (Å²) in [7, 11) is 1.65. The Balaban J connectivity index is 2.47. The molecule has 1 fully saturated rings. The highest BCUT2D eigenvalue weighted by Crippen LogP contribution is 2.27. The lowest BCUT2D eigenvalue weighted by Gasteiger charge is -2.33. The first kappa shape index (κ1) is 14.5. The molecule has 0 radical (unpaired) electrons. The van der Waals surface area contributed by atoms with Crippen LogP contribution in [0.2, 0.25) is 0 Å². The summed E-state index contributed by atoms with van der Waals surface area (Å²) in [5.74, 6) is 0.482. The SMILES string of the molecule is COC(C)(C)CNC(=O)C1CCCC(C)C1N. The summed E-state index contributed by atoms with van der Waals surface area (Å²) in [6.45, 7) is 6.57. The maximum atomic E-state index is 12.1. The minimum atomic E-state index is -0.319. The van der Waals surface area contributed by atoms with E-state index in [1.54, 1.807) is 7.11 Å². The Kier molecular flexibility index (Phi) is 4.95. The van der Waals surface area contributed by atoms with E-state index in [1.165, 1.54) is 0 Å². The van der Waals surface area contributed by atoms with Crippen LogP contribution in [0.5, 0.6) is 0 Å². The predicted molar refractivity (Wildman–Crippen MR) is 68.6 cm³/mol. The second-order valence-electron chi connectivity index (χ2n) is 5.77. The molecule has 0 spiro atoms. The van der Waals surface area contributed by atoms with Crippen LogP contribution < -0.4 is 11.1 Å². The zero-order chi connectivity index (χ0) is 13.1. The molecule has 4 heteroatoms. The number of carbonyl (C=O) groups is 1. The summed E-state index contributed by atoms with van der Waals surface area (Å²) >= 11 is 0. The van der Waals surface area contributed by atoms with Crippen molar-refractivity contribution in [3.05, 3.63) is 0 Å². The Morgan fingerprint density at radius 3 is 2.71 bits per heavy atom. The van der Waals surface area contributed by atoms with Crippen LogP contribution in [0.1, 0.15) is 40.0 Å². The van der Waals surface area contributed by atoms with E-state index in [0.29, 0.717) is 12.5 Å². The second-order valence-corrected chi connectivity index (χ2v) is 5.77. The van der Waals surface area contributed by atoms with Crippen molar-refractivity contribution < 1.29 is 9.53 Å². The fourth-order valence-electron chi connectivity index (χ4n) is 2.25. The molecule has 3 atom stereocenters. The lowest BCUT2D eigenvalue weighted by Crippen LogP contribution is -2.50. The number of carbonyl (C=O) groups excluding carboxylic acids is 1. The zero-order valence-corrected chi connectivity index (χ0v) is 11.5. The third-order valence-electron chi connectivity index (χ3n) is 3.87. The van der Waals surface area contributed by atoms with Gasteiger partial charge in [-0.2, -0.15) is 0 Å². The van der Waals surface area contributed by atoms with E-state index in [4.69, 9.17) is 10.5 Å². The first-order valence-electron chi connectivity index (χ1n) is 6.46. The molecular formula is C13H26N2O2. The van der Waals surface area contributed by atoms with Gasteiger partial charge in [0.2, 0.25) is 5.91 Å². The second kappa shape index (κ2) is 5.83. The van der Waals surface area contributed by atoms with E-state index in [0.717, 1.165) is 19.3 Å². The highest BCUT2D eigenvalue weighted by Gasteiger charge is 2.33. The van der Waals surface area contributed by atoms with Gasteiger partial charge in [-0.3, -0.25) is 4.79 Å². The van der Waals surface area contributed by atoms with Crippen LogP contribution in [0.3, 0.4) is 0 Å². The molecular weight excluding hydrogens is 216 g/mol. The van der Waals surface area contributed by atoms with Crippen LogP contribution in [0, 0.1) is 11.8 Å². The van der Waals surface area contributed by atoms with E-state index in [2.05, 4.69) is 12.2 Å². The number of rotatable bonds is 4. The van der Waals surface area contributed by atoms with Gasteiger partial charge in [-0.25, -0.2) is 0 Å². The van der Waals surface area contributed by atoms with Crippen LogP contribution in [0.15, 0.2) is 0 Å². The number of hydrogen-bond donors (Lipinski definition) is 2. The molecule has 0 heterocycles. The number of nitrogens with one attached hydrogen (secondary N) is 1. The van der Waals surface area contributed by atoms with Crippen molar-refractivity contribution in [3.63, 3.8) is 0 Å². The smallest absolute Gasteiger partial charge is 0.224 e. The summed E-state index contributed by atoms with van der Waals surface area (Å²) in [5.41, 5.74) is 5.78. The van der Waals surface area contributed by atoms with Gasteiger partial charge < -0.3 is 15.8 Å². The van der Waals surface area contributed by atoms with Gasteiger partial charge in [-0.15, -0.1) is 0 Å². The molecule has 0 aromatic heterocycles. The minimum Gasteiger partial charge on any atom is -0.377 e. The van der Waals surface area contributed by atoms with Crippen LogP contribution in [0.25, 0.3) is 0 Å². The van der Waals surface area contributed by atoms with Gasteiger partial charge in [0.05, 0.1) is 11.5 Å². The van der Waals surface area contributed by atoms with E-state index >= 15 is 0 Å². The normalized spacial score (nSPS) is 30.1. The fraction of sp³-hybridized carbons (Fsp3) is 0.923. The molecule has 100 valence electrons. The molecule has 1 amide bonds. The van der Waals surface area contributed by atoms with Crippen LogP contribution >= 0.6 is 0 Å². The van der Waals surface area contributed by atoms with Gasteiger partial charge in [-0.1, -0.05) is 13.3 Å². The highest BCUT2D eigenvalue weighted by molar-refractivity contribution is 5.79. The number of hydrogen-bond acceptors (Lipinski definition) is 3. The quantitative estimate of drug-likeness (QED) is 0.781. The highest BCUT2D eigenvalue weighted by atomic mass is 16.5. The topological polar surface area (TPSA) is 64.3 Å². The standard InChI is InChI=1S/C13H26N2O2/c1-9-6-5-7-10(11(9)14)12(16)15-8-13(2,3)17-4/h9-11H,5-8,14H2,1-4H3,(H,15,16). The first-order valence-corrected chi connectivity index (χ1v) is 6.46. The van der Waals surface area contributed by atoms with E-state index in [1.807, 2.05) is 13.8 Å². The number of nitrogens with two attached hydrogens (primary N) is 1. The van der Waals surface area contributed by atoms with Crippen molar-refractivity contribution in [1.29, 1.82) is 0 Å². The summed E-state index contributed by atoms with van der Waals surface area (Å²) in [4.78, 5) is 12.1. The molecule has 0 aromatic rings.